The Bertz CT molecular complexity index is 1050. The SMILES string of the molecule is O=C(N1CC(c2ccc(-c3ccc(Cl)cc3Cl)cc2)C1)N1CCC(c2ccn[nH]2)C1. The fraction of sp³-hybridized carbons (Fsp3) is 0.304. The molecule has 1 N–H and O–H groups in total. The van der Waals surface area contributed by atoms with E-state index in [9.17, 15) is 4.79 Å². The highest BCUT2D eigenvalue weighted by molar-refractivity contribution is 6.36. The summed E-state index contributed by atoms with van der Waals surface area (Å²) in [6.45, 7) is 3.11. The Hall–Kier alpha value is -2.50. The molecule has 3 aromatic rings. The molecule has 0 aliphatic carbocycles. The second-order valence-electron chi connectivity index (χ2n) is 8.07. The van der Waals surface area contributed by atoms with Crippen LogP contribution in [0.25, 0.3) is 11.1 Å². The zero-order chi connectivity index (χ0) is 20.7. The minimum absolute atomic E-state index is 0.151. The molecule has 5 rings (SSSR count). The third-order valence-corrected chi connectivity index (χ3v) is 6.74. The van der Waals surface area contributed by atoms with Crippen LogP contribution >= 0.6 is 23.2 Å². The van der Waals surface area contributed by atoms with Gasteiger partial charge in [0.1, 0.15) is 0 Å². The minimum Gasteiger partial charge on any atom is -0.324 e. The fourth-order valence-electron chi connectivity index (χ4n) is 4.39. The van der Waals surface area contributed by atoms with Crippen LogP contribution in [0.4, 0.5) is 4.79 Å². The van der Waals surface area contributed by atoms with Crippen LogP contribution in [0.3, 0.4) is 0 Å². The molecule has 7 heteroatoms. The van der Waals surface area contributed by atoms with Gasteiger partial charge in [0.2, 0.25) is 0 Å². The Morgan fingerprint density at radius 3 is 2.43 bits per heavy atom. The average Bonchev–Trinajstić information content (AvgIpc) is 3.39. The molecule has 2 amide bonds. The Morgan fingerprint density at radius 2 is 1.73 bits per heavy atom. The highest BCUT2D eigenvalue weighted by Crippen LogP contribution is 2.34. The smallest absolute Gasteiger partial charge is 0.320 e. The van der Waals surface area contributed by atoms with Crippen molar-refractivity contribution in [2.24, 2.45) is 0 Å². The molecule has 3 heterocycles. The first kappa shape index (κ1) is 19.5. The van der Waals surface area contributed by atoms with Crippen LogP contribution in [0.15, 0.2) is 54.7 Å². The van der Waals surface area contributed by atoms with E-state index >= 15 is 0 Å². The van der Waals surface area contributed by atoms with Gasteiger partial charge >= 0.3 is 6.03 Å². The molecule has 2 aromatic carbocycles. The van der Waals surface area contributed by atoms with Crippen LogP contribution in [0.2, 0.25) is 10.0 Å². The topological polar surface area (TPSA) is 52.2 Å². The van der Waals surface area contributed by atoms with Crippen molar-refractivity contribution >= 4 is 29.2 Å². The van der Waals surface area contributed by atoms with E-state index in [2.05, 4.69) is 34.5 Å². The maximum absolute atomic E-state index is 12.8. The number of benzene rings is 2. The first-order chi connectivity index (χ1) is 14.6. The van der Waals surface area contributed by atoms with Crippen LogP contribution in [0.5, 0.6) is 0 Å². The molecule has 5 nitrogen and oxygen atoms in total. The molecule has 2 saturated heterocycles. The lowest BCUT2D eigenvalue weighted by Crippen LogP contribution is -2.53. The van der Waals surface area contributed by atoms with Crippen molar-refractivity contribution in [1.29, 1.82) is 0 Å². The summed E-state index contributed by atoms with van der Waals surface area (Å²) < 4.78 is 0. The number of halogens is 2. The molecule has 2 aliphatic rings. The average molecular weight is 441 g/mol. The molecular formula is C23H22Cl2N4O. The number of likely N-dealkylation sites (tertiary alicyclic amines) is 2. The maximum atomic E-state index is 12.8. The predicted octanol–water partition coefficient (Wildman–Crippen LogP) is 5.39. The second-order valence-corrected chi connectivity index (χ2v) is 8.92. The predicted molar refractivity (Wildman–Crippen MR) is 119 cm³/mol. The molecule has 2 aliphatic heterocycles. The first-order valence-electron chi connectivity index (χ1n) is 10.2. The minimum atomic E-state index is 0.151. The lowest BCUT2D eigenvalue weighted by molar-refractivity contribution is 0.121. The summed E-state index contributed by atoms with van der Waals surface area (Å²) in [4.78, 5) is 16.7. The Kier molecular flexibility index (Phi) is 5.17. The standard InChI is InChI=1S/C23H22Cl2N4O/c24-19-5-6-20(21(25)11-19)16-3-1-15(2-4-16)18-13-29(14-18)23(30)28-10-8-17(12-28)22-7-9-26-27-22/h1-7,9,11,17-18H,8,10,12-14H2,(H,26,27). The molecule has 154 valence electrons. The van der Waals surface area contributed by atoms with Crippen molar-refractivity contribution in [3.63, 3.8) is 0 Å². The van der Waals surface area contributed by atoms with Crippen molar-refractivity contribution in [2.75, 3.05) is 26.2 Å². The summed E-state index contributed by atoms with van der Waals surface area (Å²) in [6, 6.07) is 16.1. The van der Waals surface area contributed by atoms with Gasteiger partial charge < -0.3 is 9.80 Å². The summed E-state index contributed by atoms with van der Waals surface area (Å²) in [6.07, 6.45) is 2.76. The Morgan fingerprint density at radius 1 is 0.967 bits per heavy atom. The summed E-state index contributed by atoms with van der Waals surface area (Å²) in [5.74, 6) is 0.746. The van der Waals surface area contributed by atoms with E-state index in [0.29, 0.717) is 21.9 Å². The number of urea groups is 1. The van der Waals surface area contributed by atoms with Gasteiger partial charge in [-0.1, -0.05) is 53.5 Å². The number of aromatic amines is 1. The third kappa shape index (κ3) is 3.68. The molecule has 0 spiro atoms. The molecule has 0 saturated carbocycles. The van der Waals surface area contributed by atoms with Crippen molar-refractivity contribution in [3.8, 4) is 11.1 Å². The number of aromatic nitrogens is 2. The number of amides is 2. The molecule has 2 fully saturated rings. The lowest BCUT2D eigenvalue weighted by atomic mass is 9.90. The van der Waals surface area contributed by atoms with E-state index in [1.807, 2.05) is 28.0 Å². The van der Waals surface area contributed by atoms with Crippen LogP contribution < -0.4 is 0 Å². The van der Waals surface area contributed by atoms with Crippen LogP contribution in [0, 0.1) is 0 Å². The Labute approximate surface area is 185 Å². The molecule has 0 radical (unpaired) electrons. The zero-order valence-corrected chi connectivity index (χ0v) is 17.9. The van der Waals surface area contributed by atoms with E-state index < -0.39 is 0 Å². The Balaban J connectivity index is 1.18. The molecule has 30 heavy (non-hydrogen) atoms. The number of hydrogen-bond donors (Lipinski definition) is 1. The van der Waals surface area contributed by atoms with Gasteiger partial charge in [-0.3, -0.25) is 5.10 Å². The van der Waals surface area contributed by atoms with Gasteiger partial charge in [-0.15, -0.1) is 0 Å². The maximum Gasteiger partial charge on any atom is 0.320 e. The first-order valence-corrected chi connectivity index (χ1v) is 10.9. The molecular weight excluding hydrogens is 419 g/mol. The van der Waals surface area contributed by atoms with Gasteiger partial charge in [-0.05, 0) is 35.7 Å². The summed E-state index contributed by atoms with van der Waals surface area (Å²) in [5.41, 5.74) is 4.41. The van der Waals surface area contributed by atoms with Crippen molar-refractivity contribution < 1.29 is 4.79 Å². The number of nitrogens with one attached hydrogen (secondary N) is 1. The molecule has 0 bridgehead atoms. The molecule has 1 atom stereocenters. The summed E-state index contributed by atoms with van der Waals surface area (Å²) in [5, 5.41) is 8.34. The van der Waals surface area contributed by atoms with Gasteiger partial charge in [0.25, 0.3) is 0 Å². The van der Waals surface area contributed by atoms with Gasteiger partial charge in [0, 0.05) is 65.5 Å². The van der Waals surface area contributed by atoms with E-state index in [1.165, 1.54) is 5.56 Å². The van der Waals surface area contributed by atoms with Gasteiger partial charge in [-0.25, -0.2) is 4.79 Å². The summed E-state index contributed by atoms with van der Waals surface area (Å²) >= 11 is 12.3. The van der Waals surface area contributed by atoms with Crippen LogP contribution in [0.1, 0.15) is 29.5 Å². The van der Waals surface area contributed by atoms with Crippen LogP contribution in [-0.4, -0.2) is 52.2 Å². The van der Waals surface area contributed by atoms with Gasteiger partial charge in [-0.2, -0.15) is 5.10 Å². The van der Waals surface area contributed by atoms with Gasteiger partial charge in [0.05, 0.1) is 0 Å². The van der Waals surface area contributed by atoms with E-state index in [1.54, 1.807) is 12.3 Å². The van der Waals surface area contributed by atoms with E-state index in [4.69, 9.17) is 23.2 Å². The fourth-order valence-corrected chi connectivity index (χ4v) is 4.90. The number of rotatable bonds is 3. The number of carbonyl (C=O) groups is 1. The van der Waals surface area contributed by atoms with Crippen LogP contribution in [-0.2, 0) is 0 Å². The van der Waals surface area contributed by atoms with Gasteiger partial charge in [0.15, 0.2) is 0 Å². The van der Waals surface area contributed by atoms with E-state index in [-0.39, 0.29) is 6.03 Å². The van der Waals surface area contributed by atoms with Crippen molar-refractivity contribution in [1.82, 2.24) is 20.0 Å². The summed E-state index contributed by atoms with van der Waals surface area (Å²) in [7, 11) is 0. The third-order valence-electron chi connectivity index (χ3n) is 6.20. The normalized spacial score (nSPS) is 19.2. The number of carbonyl (C=O) groups excluding carboxylic acids is 1. The highest BCUT2D eigenvalue weighted by atomic mass is 35.5. The zero-order valence-electron chi connectivity index (χ0n) is 16.4. The largest absolute Gasteiger partial charge is 0.324 e. The monoisotopic (exact) mass is 440 g/mol. The lowest BCUT2D eigenvalue weighted by Gasteiger charge is -2.41. The molecule has 1 aromatic heterocycles. The highest BCUT2D eigenvalue weighted by Gasteiger charge is 2.37. The van der Waals surface area contributed by atoms with Crippen molar-refractivity contribution in [2.45, 2.75) is 18.3 Å². The molecule has 1 unspecified atom stereocenters. The number of hydrogen-bond acceptors (Lipinski definition) is 2. The number of nitrogens with zero attached hydrogens (tertiary/aromatic N) is 3. The second kappa shape index (κ2) is 7.97. The van der Waals surface area contributed by atoms with E-state index in [0.717, 1.165) is 49.4 Å². The quantitative estimate of drug-likeness (QED) is 0.593. The van der Waals surface area contributed by atoms with Crippen molar-refractivity contribution in [3.05, 3.63) is 76.0 Å². The number of H-pyrrole nitrogens is 1.